The van der Waals surface area contributed by atoms with Crippen molar-refractivity contribution >= 4 is 22.3 Å². The van der Waals surface area contributed by atoms with Crippen LogP contribution < -0.4 is 4.57 Å². The highest BCUT2D eigenvalue weighted by atomic mass is 28.3. The van der Waals surface area contributed by atoms with Crippen molar-refractivity contribution in [3.8, 4) is 0 Å². The van der Waals surface area contributed by atoms with Crippen molar-refractivity contribution in [3.63, 3.8) is 0 Å². The molecule has 0 spiro atoms. The van der Waals surface area contributed by atoms with Gasteiger partial charge in [0.05, 0.1) is 8.07 Å². The summed E-state index contributed by atoms with van der Waals surface area (Å²) in [4.78, 5) is 4.37. The highest BCUT2D eigenvalue weighted by Gasteiger charge is 2.48. The van der Waals surface area contributed by atoms with Crippen LogP contribution in [0.15, 0.2) is 10.9 Å². The Bertz CT molecular complexity index is 389. The van der Waals surface area contributed by atoms with Crippen LogP contribution in [0.2, 0.25) is 36.3 Å². The average Bonchev–Trinajstić information content (AvgIpc) is 3.00. The molecule has 0 saturated carbocycles. The topological polar surface area (TPSA) is 42.2 Å². The van der Waals surface area contributed by atoms with Crippen LogP contribution in [0.25, 0.3) is 0 Å². The van der Waals surface area contributed by atoms with Gasteiger partial charge in [-0.25, -0.2) is 0 Å². The molecule has 1 aliphatic rings. The van der Waals surface area contributed by atoms with E-state index in [4.69, 9.17) is 4.52 Å². The molecule has 2 heterocycles. The van der Waals surface area contributed by atoms with Gasteiger partial charge in [-0.1, -0.05) is 51.0 Å². The van der Waals surface area contributed by atoms with Crippen LogP contribution in [0, 0.1) is 0 Å². The summed E-state index contributed by atoms with van der Waals surface area (Å²) in [6, 6.07) is 9.09. The van der Waals surface area contributed by atoms with E-state index in [1.54, 1.807) is 6.33 Å². The lowest BCUT2D eigenvalue weighted by Crippen LogP contribution is -2.64. The second-order valence-electron chi connectivity index (χ2n) is 5.95. The van der Waals surface area contributed by atoms with Crippen LogP contribution in [0.3, 0.4) is 0 Å². The fourth-order valence-electron chi connectivity index (χ4n) is 3.58. The van der Waals surface area contributed by atoms with Crippen molar-refractivity contribution < 1.29 is 4.52 Å². The molecule has 0 radical (unpaired) electrons. The van der Waals surface area contributed by atoms with Crippen molar-refractivity contribution in [1.29, 1.82) is 0 Å². The summed E-state index contributed by atoms with van der Waals surface area (Å²) in [5, 5.41) is 3.84. The van der Waals surface area contributed by atoms with Gasteiger partial charge in [-0.3, -0.25) is 0 Å². The third-order valence-corrected chi connectivity index (χ3v) is 17.0. The van der Waals surface area contributed by atoms with E-state index < -0.39 is 16.3 Å². The lowest BCUT2D eigenvalue weighted by Gasteiger charge is -2.50. The van der Waals surface area contributed by atoms with Gasteiger partial charge in [0.15, 0.2) is 14.6 Å². The van der Waals surface area contributed by atoms with E-state index in [9.17, 15) is 0 Å². The molecule has 108 valence electrons. The number of aromatic nitrogens is 2. The van der Waals surface area contributed by atoms with E-state index in [-0.39, 0.29) is 0 Å². The number of nitrogens with zero attached hydrogens (tertiary/aromatic N) is 3. The second kappa shape index (κ2) is 5.79. The van der Waals surface area contributed by atoms with Crippen molar-refractivity contribution in [2.75, 3.05) is 10.7 Å². The Morgan fingerprint density at radius 2 is 1.79 bits per heavy atom. The molecule has 1 saturated heterocycles. The standard InChI is InChI=1S/C13H27N3OSi2/c1-5-18(6-2)9-10-19(7-3,8-4)16(12-18)13-14-11-15-17-13/h11H,5-10,12H2,1-4H3. The van der Waals surface area contributed by atoms with Crippen LogP contribution in [-0.2, 0) is 0 Å². The molecular weight excluding hydrogens is 270 g/mol. The van der Waals surface area contributed by atoms with Crippen LogP contribution in [0.5, 0.6) is 0 Å². The predicted molar refractivity (Wildman–Crippen MR) is 84.7 cm³/mol. The molecular formula is C13H27N3OSi2. The first-order valence-electron chi connectivity index (χ1n) is 7.69. The smallest absolute Gasteiger partial charge is 0.315 e. The maximum absolute atomic E-state index is 5.44. The number of anilines is 1. The molecule has 1 fully saturated rings. The zero-order valence-electron chi connectivity index (χ0n) is 12.8. The van der Waals surface area contributed by atoms with E-state index in [0.29, 0.717) is 0 Å². The first-order valence-corrected chi connectivity index (χ1v) is 13.1. The molecule has 0 unspecified atom stereocenters. The molecule has 4 nitrogen and oxygen atoms in total. The fourth-order valence-corrected chi connectivity index (χ4v) is 15.3. The molecule has 0 N–H and O–H groups in total. The third-order valence-electron chi connectivity index (χ3n) is 5.58. The lowest BCUT2D eigenvalue weighted by atomic mass is 10.9. The Balaban J connectivity index is 2.34. The van der Waals surface area contributed by atoms with Gasteiger partial charge in [-0.05, 0) is 18.1 Å². The molecule has 0 aliphatic carbocycles. The van der Waals surface area contributed by atoms with Gasteiger partial charge in [0.2, 0.25) is 0 Å². The zero-order valence-corrected chi connectivity index (χ0v) is 14.8. The molecule has 0 amide bonds. The average molecular weight is 298 g/mol. The minimum atomic E-state index is -1.41. The molecule has 0 bridgehead atoms. The lowest BCUT2D eigenvalue weighted by molar-refractivity contribution is 0.423. The maximum atomic E-state index is 5.44. The maximum Gasteiger partial charge on any atom is 0.315 e. The molecule has 2 rings (SSSR count). The van der Waals surface area contributed by atoms with Gasteiger partial charge in [0.1, 0.15) is 0 Å². The summed E-state index contributed by atoms with van der Waals surface area (Å²) in [5.41, 5.74) is 0. The summed E-state index contributed by atoms with van der Waals surface area (Å²) < 4.78 is 8.04. The number of rotatable bonds is 5. The molecule has 0 atom stereocenters. The molecule has 6 heteroatoms. The summed E-state index contributed by atoms with van der Waals surface area (Å²) in [7, 11) is -2.55. The minimum absolute atomic E-state index is 0.800. The van der Waals surface area contributed by atoms with Crippen LogP contribution in [-0.4, -0.2) is 32.6 Å². The largest absolute Gasteiger partial charge is 0.354 e. The summed E-state index contributed by atoms with van der Waals surface area (Å²) >= 11 is 0. The van der Waals surface area contributed by atoms with Gasteiger partial charge in [0.25, 0.3) is 0 Å². The van der Waals surface area contributed by atoms with Gasteiger partial charge in [0, 0.05) is 6.17 Å². The second-order valence-corrected chi connectivity index (χ2v) is 16.1. The molecule has 19 heavy (non-hydrogen) atoms. The fraction of sp³-hybridized carbons (Fsp3) is 0.846. The van der Waals surface area contributed by atoms with E-state index >= 15 is 0 Å². The Hall–Kier alpha value is -0.626. The van der Waals surface area contributed by atoms with E-state index in [1.807, 2.05) is 0 Å². The zero-order chi connectivity index (χ0) is 13.9. The predicted octanol–water partition coefficient (Wildman–Crippen LogP) is 3.90. The highest BCUT2D eigenvalue weighted by Crippen LogP contribution is 2.40. The van der Waals surface area contributed by atoms with E-state index in [2.05, 4.69) is 42.4 Å². The van der Waals surface area contributed by atoms with Crippen LogP contribution >= 0.6 is 0 Å². The number of hydrogen-bond donors (Lipinski definition) is 0. The summed E-state index contributed by atoms with van der Waals surface area (Å²) in [5.74, 6) is 0. The highest BCUT2D eigenvalue weighted by molar-refractivity contribution is 6.92. The van der Waals surface area contributed by atoms with E-state index in [1.165, 1.54) is 42.4 Å². The Morgan fingerprint density at radius 3 is 2.26 bits per heavy atom. The minimum Gasteiger partial charge on any atom is -0.354 e. The van der Waals surface area contributed by atoms with Crippen molar-refractivity contribution in [2.45, 2.75) is 64.0 Å². The molecule has 0 aromatic carbocycles. The quantitative estimate of drug-likeness (QED) is 0.773. The molecule has 1 aromatic rings. The Kier molecular flexibility index (Phi) is 4.50. The number of hydrogen-bond acceptors (Lipinski definition) is 4. The summed E-state index contributed by atoms with van der Waals surface area (Å²) in [6.07, 6.45) is 2.80. The van der Waals surface area contributed by atoms with Crippen LogP contribution in [0.1, 0.15) is 27.7 Å². The summed E-state index contributed by atoms with van der Waals surface area (Å²) in [6.45, 7) is 9.47. The SMILES string of the molecule is CC[Si]1(CC)CC[Si](CC)(CC)N(c2ncno2)C1. The molecule has 1 aliphatic heterocycles. The van der Waals surface area contributed by atoms with E-state index in [0.717, 1.165) is 6.01 Å². The van der Waals surface area contributed by atoms with Crippen molar-refractivity contribution in [2.24, 2.45) is 0 Å². The van der Waals surface area contributed by atoms with Gasteiger partial charge in [-0.2, -0.15) is 4.98 Å². The van der Waals surface area contributed by atoms with Crippen LogP contribution in [0.4, 0.5) is 6.01 Å². The first kappa shape index (κ1) is 14.8. The van der Waals surface area contributed by atoms with Crippen molar-refractivity contribution in [1.82, 2.24) is 10.1 Å². The Morgan fingerprint density at radius 1 is 1.11 bits per heavy atom. The first-order chi connectivity index (χ1) is 9.15. The molecule has 1 aromatic heterocycles. The van der Waals surface area contributed by atoms with Gasteiger partial charge >= 0.3 is 6.01 Å². The van der Waals surface area contributed by atoms with Gasteiger partial charge in [-0.15, -0.1) is 0 Å². The van der Waals surface area contributed by atoms with Crippen molar-refractivity contribution in [3.05, 3.63) is 6.33 Å². The third kappa shape index (κ3) is 2.52. The Labute approximate surface area is 118 Å². The monoisotopic (exact) mass is 297 g/mol. The van der Waals surface area contributed by atoms with Gasteiger partial charge < -0.3 is 9.09 Å². The normalized spacial score (nSPS) is 21.6.